The van der Waals surface area contributed by atoms with E-state index in [4.69, 9.17) is 16.3 Å². The Labute approximate surface area is 140 Å². The number of thiazole rings is 1. The highest BCUT2D eigenvalue weighted by Gasteiger charge is 2.18. The van der Waals surface area contributed by atoms with Gasteiger partial charge in [0.1, 0.15) is 11.6 Å². The molecule has 0 radical (unpaired) electrons. The SMILES string of the molecule is C[C@H](Oc1ccccc1Cl)C(=O)Nc1nc2ccc(F)cc2s1. The quantitative estimate of drug-likeness (QED) is 0.754. The Morgan fingerprint density at radius 1 is 1.35 bits per heavy atom. The van der Waals surface area contributed by atoms with E-state index in [2.05, 4.69) is 10.3 Å². The summed E-state index contributed by atoms with van der Waals surface area (Å²) in [7, 11) is 0. The summed E-state index contributed by atoms with van der Waals surface area (Å²) in [4.78, 5) is 16.4. The van der Waals surface area contributed by atoms with Crippen molar-refractivity contribution in [2.45, 2.75) is 13.0 Å². The van der Waals surface area contributed by atoms with Crippen LogP contribution in [0, 0.1) is 5.82 Å². The van der Waals surface area contributed by atoms with E-state index in [-0.39, 0.29) is 11.7 Å². The van der Waals surface area contributed by atoms with Crippen LogP contribution in [0.25, 0.3) is 10.2 Å². The van der Waals surface area contributed by atoms with E-state index in [0.717, 1.165) is 0 Å². The highest BCUT2D eigenvalue weighted by Crippen LogP contribution is 2.27. The Morgan fingerprint density at radius 3 is 2.91 bits per heavy atom. The van der Waals surface area contributed by atoms with Gasteiger partial charge in [-0.2, -0.15) is 0 Å². The van der Waals surface area contributed by atoms with Crippen LogP contribution >= 0.6 is 22.9 Å². The lowest BCUT2D eigenvalue weighted by atomic mass is 10.3. The molecule has 118 valence electrons. The van der Waals surface area contributed by atoms with Crippen molar-refractivity contribution in [3.8, 4) is 5.75 Å². The minimum atomic E-state index is -0.751. The number of benzene rings is 2. The minimum Gasteiger partial charge on any atom is -0.479 e. The number of fused-ring (bicyclic) bond motifs is 1. The molecule has 1 atom stereocenters. The van der Waals surface area contributed by atoms with Crippen molar-refractivity contribution in [2.24, 2.45) is 0 Å². The fraction of sp³-hybridized carbons (Fsp3) is 0.125. The maximum absolute atomic E-state index is 13.2. The lowest BCUT2D eigenvalue weighted by molar-refractivity contribution is -0.122. The van der Waals surface area contributed by atoms with Gasteiger partial charge in [-0.25, -0.2) is 9.37 Å². The van der Waals surface area contributed by atoms with Gasteiger partial charge in [-0.15, -0.1) is 0 Å². The number of rotatable bonds is 4. The minimum absolute atomic E-state index is 0.338. The monoisotopic (exact) mass is 350 g/mol. The molecule has 4 nitrogen and oxygen atoms in total. The first-order valence-electron chi connectivity index (χ1n) is 6.81. The van der Waals surface area contributed by atoms with Crippen molar-refractivity contribution >= 4 is 44.2 Å². The standard InChI is InChI=1S/C16H12ClFN2O2S/c1-9(22-13-5-3-2-4-11(13)17)15(21)20-16-19-12-7-6-10(18)8-14(12)23-16/h2-9H,1H3,(H,19,20,21)/t9-/m0/s1. The molecule has 3 aromatic rings. The van der Waals surface area contributed by atoms with E-state index in [9.17, 15) is 9.18 Å². The molecule has 7 heteroatoms. The van der Waals surface area contributed by atoms with Gasteiger partial charge in [0.25, 0.3) is 5.91 Å². The van der Waals surface area contributed by atoms with Gasteiger partial charge in [-0.05, 0) is 37.3 Å². The highest BCUT2D eigenvalue weighted by molar-refractivity contribution is 7.22. The van der Waals surface area contributed by atoms with Crippen molar-refractivity contribution in [1.29, 1.82) is 0 Å². The molecule has 2 aromatic carbocycles. The number of aromatic nitrogens is 1. The van der Waals surface area contributed by atoms with Gasteiger partial charge >= 0.3 is 0 Å². The van der Waals surface area contributed by atoms with Crippen LogP contribution < -0.4 is 10.1 Å². The average molecular weight is 351 g/mol. The Balaban J connectivity index is 1.71. The van der Waals surface area contributed by atoms with E-state index in [1.165, 1.54) is 23.5 Å². The number of para-hydroxylation sites is 1. The third-order valence-electron chi connectivity index (χ3n) is 3.09. The Kier molecular flexibility index (Phi) is 4.45. The molecule has 0 spiro atoms. The van der Waals surface area contributed by atoms with Gasteiger partial charge in [-0.1, -0.05) is 35.1 Å². The number of anilines is 1. The van der Waals surface area contributed by atoms with Crippen LogP contribution in [0.15, 0.2) is 42.5 Å². The lowest BCUT2D eigenvalue weighted by Gasteiger charge is -2.14. The van der Waals surface area contributed by atoms with Crippen LogP contribution in [0.3, 0.4) is 0 Å². The van der Waals surface area contributed by atoms with Gasteiger partial charge in [-0.3, -0.25) is 10.1 Å². The zero-order valence-electron chi connectivity index (χ0n) is 12.0. The molecule has 0 saturated carbocycles. The van der Waals surface area contributed by atoms with Crippen molar-refractivity contribution < 1.29 is 13.9 Å². The topological polar surface area (TPSA) is 51.2 Å². The van der Waals surface area contributed by atoms with E-state index in [1.54, 1.807) is 37.3 Å². The summed E-state index contributed by atoms with van der Waals surface area (Å²) in [5, 5.41) is 3.49. The fourth-order valence-corrected chi connectivity index (χ4v) is 3.02. The van der Waals surface area contributed by atoms with Gasteiger partial charge in [0.05, 0.1) is 15.2 Å². The second-order valence-corrected chi connectivity index (χ2v) is 6.25. The van der Waals surface area contributed by atoms with Crippen molar-refractivity contribution in [1.82, 2.24) is 4.98 Å². The summed E-state index contributed by atoms with van der Waals surface area (Å²) in [6, 6.07) is 11.2. The third-order valence-corrected chi connectivity index (χ3v) is 4.34. The van der Waals surface area contributed by atoms with Crippen molar-refractivity contribution in [2.75, 3.05) is 5.32 Å². The summed E-state index contributed by atoms with van der Waals surface area (Å²) in [6.45, 7) is 1.62. The van der Waals surface area contributed by atoms with Crippen molar-refractivity contribution in [3.63, 3.8) is 0 Å². The maximum atomic E-state index is 13.2. The van der Waals surface area contributed by atoms with Crippen LogP contribution in [-0.2, 0) is 4.79 Å². The molecule has 1 heterocycles. The Hall–Kier alpha value is -2.18. The predicted octanol–water partition coefficient (Wildman–Crippen LogP) is 4.49. The summed E-state index contributed by atoms with van der Waals surface area (Å²) < 4.78 is 19.4. The van der Waals surface area contributed by atoms with Crippen LogP contribution in [0.2, 0.25) is 5.02 Å². The van der Waals surface area contributed by atoms with Crippen LogP contribution in [-0.4, -0.2) is 17.0 Å². The molecule has 0 unspecified atom stereocenters. The number of nitrogens with zero attached hydrogens (tertiary/aromatic N) is 1. The number of amides is 1. The number of hydrogen-bond donors (Lipinski definition) is 1. The van der Waals surface area contributed by atoms with Crippen LogP contribution in [0.5, 0.6) is 5.75 Å². The highest BCUT2D eigenvalue weighted by atomic mass is 35.5. The van der Waals surface area contributed by atoms with Crippen LogP contribution in [0.1, 0.15) is 6.92 Å². The summed E-state index contributed by atoms with van der Waals surface area (Å²) in [5.41, 5.74) is 0.631. The zero-order chi connectivity index (χ0) is 16.4. The van der Waals surface area contributed by atoms with Crippen molar-refractivity contribution in [3.05, 3.63) is 53.3 Å². The summed E-state index contributed by atoms with van der Waals surface area (Å²) >= 11 is 7.20. The molecule has 0 aliphatic rings. The molecule has 3 rings (SSSR count). The molecule has 0 aliphatic carbocycles. The average Bonchev–Trinajstić information content (AvgIpc) is 2.90. The van der Waals surface area contributed by atoms with E-state index in [0.29, 0.717) is 26.1 Å². The smallest absolute Gasteiger partial charge is 0.266 e. The van der Waals surface area contributed by atoms with E-state index >= 15 is 0 Å². The molecule has 1 N–H and O–H groups in total. The Bertz CT molecular complexity index is 868. The fourth-order valence-electron chi connectivity index (χ4n) is 1.94. The number of carbonyl (C=O) groups excluding carboxylic acids is 1. The van der Waals surface area contributed by atoms with E-state index < -0.39 is 6.10 Å². The molecule has 0 bridgehead atoms. The number of nitrogens with one attached hydrogen (secondary N) is 1. The number of carbonyl (C=O) groups is 1. The van der Waals surface area contributed by atoms with Gasteiger partial charge in [0, 0.05) is 0 Å². The summed E-state index contributed by atoms with van der Waals surface area (Å²) in [5.74, 6) is -0.262. The molecular weight excluding hydrogens is 339 g/mol. The van der Waals surface area contributed by atoms with Gasteiger partial charge in [0.2, 0.25) is 0 Å². The molecule has 1 aromatic heterocycles. The van der Waals surface area contributed by atoms with E-state index in [1.807, 2.05) is 0 Å². The van der Waals surface area contributed by atoms with Crippen LogP contribution in [0.4, 0.5) is 9.52 Å². The third kappa shape index (κ3) is 3.60. The first-order valence-corrected chi connectivity index (χ1v) is 8.00. The molecule has 1 amide bonds. The number of hydrogen-bond acceptors (Lipinski definition) is 4. The molecule has 0 aliphatic heterocycles. The first-order chi connectivity index (χ1) is 11.0. The normalized spacial score (nSPS) is 12.1. The number of halogens is 2. The Morgan fingerprint density at radius 2 is 2.13 bits per heavy atom. The summed E-state index contributed by atoms with van der Waals surface area (Å²) in [6.07, 6.45) is -0.751. The van der Waals surface area contributed by atoms with Gasteiger partial charge in [0.15, 0.2) is 11.2 Å². The number of ether oxygens (including phenoxy) is 1. The largest absolute Gasteiger partial charge is 0.479 e. The molecular formula is C16H12ClFN2O2S. The second-order valence-electron chi connectivity index (χ2n) is 4.81. The predicted molar refractivity (Wildman–Crippen MR) is 89.7 cm³/mol. The lowest BCUT2D eigenvalue weighted by Crippen LogP contribution is -2.30. The molecule has 23 heavy (non-hydrogen) atoms. The molecule has 0 saturated heterocycles. The maximum Gasteiger partial charge on any atom is 0.266 e. The first kappa shape index (κ1) is 15.7. The second kappa shape index (κ2) is 6.52. The molecule has 0 fully saturated rings. The van der Waals surface area contributed by atoms with Gasteiger partial charge < -0.3 is 4.74 Å². The zero-order valence-corrected chi connectivity index (χ0v) is 13.6.